The van der Waals surface area contributed by atoms with Crippen LogP contribution in [0.25, 0.3) is 0 Å². The number of carboxylic acid groups (broad SMARTS) is 1. The van der Waals surface area contributed by atoms with Crippen LogP contribution in [0.5, 0.6) is 0 Å². The zero-order chi connectivity index (χ0) is 24.2. The Labute approximate surface area is 193 Å². The van der Waals surface area contributed by atoms with E-state index in [4.69, 9.17) is 14.6 Å². The van der Waals surface area contributed by atoms with Gasteiger partial charge in [0.15, 0.2) is 0 Å². The summed E-state index contributed by atoms with van der Waals surface area (Å²) in [4.78, 5) is 39.1. The normalized spacial score (nSPS) is 22.9. The van der Waals surface area contributed by atoms with Gasteiger partial charge in [0.2, 0.25) is 5.91 Å². The quantitative estimate of drug-likeness (QED) is 0.670. The van der Waals surface area contributed by atoms with Crippen LogP contribution >= 0.6 is 11.3 Å². The van der Waals surface area contributed by atoms with E-state index in [9.17, 15) is 22.8 Å². The van der Waals surface area contributed by atoms with Crippen LogP contribution in [0.4, 0.5) is 13.2 Å². The van der Waals surface area contributed by atoms with Gasteiger partial charge in [-0.3, -0.25) is 9.59 Å². The summed E-state index contributed by atoms with van der Waals surface area (Å²) in [5.74, 6) is -2.21. The molecule has 8 nitrogen and oxygen atoms in total. The summed E-state index contributed by atoms with van der Waals surface area (Å²) in [6, 6.07) is 4.01. The molecule has 0 aromatic carbocycles. The Morgan fingerprint density at radius 1 is 1.27 bits per heavy atom. The molecule has 0 radical (unpaired) electrons. The van der Waals surface area contributed by atoms with E-state index in [1.54, 1.807) is 11.3 Å². The van der Waals surface area contributed by atoms with E-state index >= 15 is 0 Å². The number of nitrogens with one attached hydrogen (secondary N) is 1. The molecule has 1 aromatic rings. The molecular formula is C21H28F3N3O5S. The Hall–Kier alpha value is -2.18. The number of carbonyl (C=O) groups is 3. The van der Waals surface area contributed by atoms with Gasteiger partial charge >= 0.3 is 12.1 Å². The average molecular weight is 492 g/mol. The number of nitrogens with zero attached hydrogens (tertiary/aromatic N) is 2. The van der Waals surface area contributed by atoms with Crippen molar-refractivity contribution >= 4 is 29.1 Å². The number of halogens is 3. The van der Waals surface area contributed by atoms with E-state index in [1.165, 1.54) is 0 Å². The number of morpholine rings is 1. The summed E-state index contributed by atoms with van der Waals surface area (Å²) < 4.78 is 38.1. The minimum Gasteiger partial charge on any atom is -0.475 e. The summed E-state index contributed by atoms with van der Waals surface area (Å²) in [7, 11) is 2.05. The van der Waals surface area contributed by atoms with Gasteiger partial charge in [0.1, 0.15) is 6.10 Å². The number of likely N-dealkylation sites (N-methyl/N-ethyl adjacent to an activating group) is 1. The maximum absolute atomic E-state index is 12.6. The number of rotatable bonds is 4. The monoisotopic (exact) mass is 491 g/mol. The number of likely N-dealkylation sites (tertiary alicyclic amines) is 1. The highest BCUT2D eigenvalue weighted by Crippen LogP contribution is 2.36. The van der Waals surface area contributed by atoms with E-state index in [2.05, 4.69) is 10.2 Å². The van der Waals surface area contributed by atoms with Crippen LogP contribution in [0.1, 0.15) is 30.6 Å². The summed E-state index contributed by atoms with van der Waals surface area (Å²) >= 11 is 1.64. The number of alkyl halides is 3. The number of hydrogen-bond acceptors (Lipinski definition) is 6. The molecular weight excluding hydrogens is 463 g/mol. The average Bonchev–Trinajstić information content (AvgIpc) is 3.47. The Kier molecular flexibility index (Phi) is 8.01. The van der Waals surface area contributed by atoms with Crippen molar-refractivity contribution in [2.24, 2.45) is 5.92 Å². The number of aliphatic carboxylic acids is 1. The molecule has 2 N–H and O–H groups in total. The third-order valence-corrected chi connectivity index (χ3v) is 6.77. The molecule has 4 rings (SSSR count). The fraction of sp³-hybridized carbons (Fsp3) is 0.667. The summed E-state index contributed by atoms with van der Waals surface area (Å²) in [6.45, 7) is 3.48. The van der Waals surface area contributed by atoms with E-state index in [-0.39, 0.29) is 17.4 Å². The maximum atomic E-state index is 12.6. The summed E-state index contributed by atoms with van der Waals surface area (Å²) in [6.07, 6.45) is -1.81. The Bertz CT molecular complexity index is 837. The molecule has 3 heterocycles. The number of piperidine rings is 1. The van der Waals surface area contributed by atoms with Gasteiger partial charge in [0.25, 0.3) is 5.91 Å². The number of hydrogen-bond donors (Lipinski definition) is 2. The highest BCUT2D eigenvalue weighted by molar-refractivity contribution is 7.09. The van der Waals surface area contributed by atoms with Gasteiger partial charge in [-0.05, 0) is 44.2 Å². The molecule has 184 valence electrons. The predicted molar refractivity (Wildman–Crippen MR) is 113 cm³/mol. The molecule has 2 saturated heterocycles. The van der Waals surface area contributed by atoms with Crippen LogP contribution in [0, 0.1) is 5.92 Å². The lowest BCUT2D eigenvalue weighted by Crippen LogP contribution is -2.61. The lowest BCUT2D eigenvalue weighted by molar-refractivity contribution is -0.192. The van der Waals surface area contributed by atoms with Gasteiger partial charge < -0.3 is 25.0 Å². The lowest BCUT2D eigenvalue weighted by atomic mass is 9.88. The Morgan fingerprint density at radius 3 is 2.42 bits per heavy atom. The first-order valence-corrected chi connectivity index (χ1v) is 11.6. The van der Waals surface area contributed by atoms with Crippen molar-refractivity contribution in [2.45, 2.75) is 50.1 Å². The largest absolute Gasteiger partial charge is 0.490 e. The van der Waals surface area contributed by atoms with Crippen molar-refractivity contribution in [2.75, 3.05) is 33.2 Å². The van der Waals surface area contributed by atoms with Crippen molar-refractivity contribution in [3.63, 3.8) is 0 Å². The van der Waals surface area contributed by atoms with E-state index in [1.807, 2.05) is 29.5 Å². The molecule has 1 aromatic heterocycles. The van der Waals surface area contributed by atoms with Crippen LogP contribution in [0.3, 0.4) is 0 Å². The molecule has 2 amide bonds. The topological polar surface area (TPSA) is 99.2 Å². The molecule has 0 bridgehead atoms. The Balaban J connectivity index is 0.000000383. The van der Waals surface area contributed by atoms with Crippen LogP contribution in [-0.4, -0.2) is 83.8 Å². The number of amides is 2. The molecule has 1 unspecified atom stereocenters. The van der Waals surface area contributed by atoms with Crippen LogP contribution in [-0.2, 0) is 25.7 Å². The molecule has 12 heteroatoms. The molecule has 33 heavy (non-hydrogen) atoms. The Morgan fingerprint density at radius 2 is 1.91 bits per heavy atom. The zero-order valence-corrected chi connectivity index (χ0v) is 19.1. The highest BCUT2D eigenvalue weighted by atomic mass is 32.1. The van der Waals surface area contributed by atoms with Crippen molar-refractivity contribution < 1.29 is 37.4 Å². The summed E-state index contributed by atoms with van der Waals surface area (Å²) in [5, 5.41) is 12.1. The number of carbonyl (C=O) groups excluding carboxylic acids is 2. The second-order valence-corrected chi connectivity index (χ2v) is 9.72. The first-order chi connectivity index (χ1) is 15.5. The van der Waals surface area contributed by atoms with Crippen LogP contribution < -0.4 is 5.32 Å². The van der Waals surface area contributed by atoms with E-state index in [0.29, 0.717) is 19.0 Å². The standard InChI is InChI=1S/C19H27N3O3S.C2HF3O2/c1-21-12-16(17(23)20-11-15-3-2-10-26-15)25-19(13-21)6-8-22(9-7-19)18(24)14-4-5-14;3-2(4,5)1(6)7/h2-3,10,14,16H,4-9,11-13H2,1H3,(H,20,23);(H,6,7). The van der Waals surface area contributed by atoms with Gasteiger partial charge in [-0.15, -0.1) is 11.3 Å². The highest BCUT2D eigenvalue weighted by Gasteiger charge is 2.46. The molecule has 1 saturated carbocycles. The predicted octanol–water partition coefficient (Wildman–Crippen LogP) is 2.10. The summed E-state index contributed by atoms with van der Waals surface area (Å²) in [5.41, 5.74) is -0.307. The minimum absolute atomic E-state index is 0.0409. The minimum atomic E-state index is -5.08. The van der Waals surface area contributed by atoms with Crippen molar-refractivity contribution in [3.05, 3.63) is 22.4 Å². The van der Waals surface area contributed by atoms with Crippen molar-refractivity contribution in [1.29, 1.82) is 0 Å². The van der Waals surface area contributed by atoms with Crippen molar-refractivity contribution in [1.82, 2.24) is 15.1 Å². The first kappa shape index (κ1) is 25.4. The molecule has 1 spiro atoms. The third-order valence-electron chi connectivity index (χ3n) is 5.89. The van der Waals surface area contributed by atoms with Gasteiger partial charge in [-0.1, -0.05) is 6.07 Å². The molecule has 3 fully saturated rings. The number of thiophene rings is 1. The molecule has 1 atom stereocenters. The van der Waals surface area contributed by atoms with Crippen LogP contribution in [0.15, 0.2) is 17.5 Å². The SMILES string of the molecule is CN1CC(C(=O)NCc2cccs2)OC2(CCN(C(=O)C3CC3)CC2)C1.O=C(O)C(F)(F)F. The van der Waals surface area contributed by atoms with Crippen LogP contribution in [0.2, 0.25) is 0 Å². The third kappa shape index (κ3) is 7.15. The maximum Gasteiger partial charge on any atom is 0.490 e. The molecule has 2 aliphatic heterocycles. The number of ether oxygens (including phenoxy) is 1. The molecule has 3 aliphatic rings. The van der Waals surface area contributed by atoms with E-state index in [0.717, 1.165) is 50.2 Å². The van der Waals surface area contributed by atoms with E-state index < -0.39 is 18.2 Å². The van der Waals surface area contributed by atoms with Crippen molar-refractivity contribution in [3.8, 4) is 0 Å². The zero-order valence-electron chi connectivity index (χ0n) is 18.3. The first-order valence-electron chi connectivity index (χ1n) is 10.7. The van der Waals surface area contributed by atoms with Gasteiger partial charge in [0.05, 0.1) is 12.1 Å². The fourth-order valence-electron chi connectivity index (χ4n) is 4.05. The smallest absolute Gasteiger partial charge is 0.475 e. The van der Waals surface area contributed by atoms with Gasteiger partial charge in [0, 0.05) is 37.0 Å². The van der Waals surface area contributed by atoms with Gasteiger partial charge in [-0.2, -0.15) is 13.2 Å². The number of carboxylic acids is 1. The van der Waals surface area contributed by atoms with Gasteiger partial charge in [-0.25, -0.2) is 4.79 Å². The molecule has 1 aliphatic carbocycles. The second kappa shape index (κ2) is 10.4. The lowest BCUT2D eigenvalue weighted by Gasteiger charge is -2.48. The second-order valence-electron chi connectivity index (χ2n) is 8.69. The fourth-order valence-corrected chi connectivity index (χ4v) is 4.70.